The highest BCUT2D eigenvalue weighted by atomic mass is 35.5. The molecule has 0 bridgehead atoms. The summed E-state index contributed by atoms with van der Waals surface area (Å²) in [5.74, 6) is 0.137. The Balaban J connectivity index is 0.00000242. The van der Waals surface area contributed by atoms with Crippen molar-refractivity contribution in [3.05, 3.63) is 35.9 Å². The van der Waals surface area contributed by atoms with Gasteiger partial charge < -0.3 is 15.8 Å². The van der Waals surface area contributed by atoms with Crippen molar-refractivity contribution in [1.29, 1.82) is 0 Å². The molecule has 0 aliphatic carbocycles. The number of carbonyl (C=O) groups excluding carboxylic acids is 1. The number of unbranched alkanes of at least 4 members (excludes halogenated alkanes) is 2. The van der Waals surface area contributed by atoms with Gasteiger partial charge in [0.1, 0.15) is 0 Å². The van der Waals surface area contributed by atoms with Crippen LogP contribution in [0, 0.1) is 0 Å². The highest BCUT2D eigenvalue weighted by Gasteiger charge is 2.35. The van der Waals surface area contributed by atoms with E-state index in [0.29, 0.717) is 26.2 Å². The second kappa shape index (κ2) is 9.82. The summed E-state index contributed by atoms with van der Waals surface area (Å²) in [5, 5.41) is 3.28. The standard InChI is InChI=1S/C17H26N2O2.ClH/c18-12-6-2-5-9-16(20)19-17(10-13-21-14-11-17)15-7-3-1-4-8-15;/h1,3-4,7-8H,2,5-6,9-14,18H2,(H,19,20);1H. The maximum absolute atomic E-state index is 12.3. The molecule has 0 saturated carbocycles. The Labute approximate surface area is 139 Å². The molecular formula is C17H27ClN2O2. The van der Waals surface area contributed by atoms with Crippen molar-refractivity contribution in [2.45, 2.75) is 44.1 Å². The third-order valence-electron chi connectivity index (χ3n) is 4.16. The van der Waals surface area contributed by atoms with Gasteiger partial charge in [0.15, 0.2) is 0 Å². The van der Waals surface area contributed by atoms with Gasteiger partial charge in [-0.2, -0.15) is 0 Å². The van der Waals surface area contributed by atoms with E-state index in [1.54, 1.807) is 0 Å². The normalized spacial score (nSPS) is 16.6. The molecule has 2 rings (SSSR count). The quantitative estimate of drug-likeness (QED) is 0.757. The summed E-state index contributed by atoms with van der Waals surface area (Å²) in [5.41, 5.74) is 6.40. The second-order valence-corrected chi connectivity index (χ2v) is 5.71. The van der Waals surface area contributed by atoms with Crippen LogP contribution >= 0.6 is 12.4 Å². The Hall–Kier alpha value is -1.10. The van der Waals surface area contributed by atoms with E-state index >= 15 is 0 Å². The smallest absolute Gasteiger partial charge is 0.220 e. The molecular weight excluding hydrogens is 300 g/mol. The Bertz CT molecular complexity index is 434. The number of benzene rings is 1. The Kier molecular flexibility index (Phi) is 8.46. The van der Waals surface area contributed by atoms with Crippen LogP contribution in [0.2, 0.25) is 0 Å². The number of halogens is 1. The SMILES string of the molecule is Cl.NCCCCCC(=O)NC1(c2ccccc2)CCOCC1. The minimum Gasteiger partial charge on any atom is -0.381 e. The largest absolute Gasteiger partial charge is 0.381 e. The lowest BCUT2D eigenvalue weighted by molar-refractivity contribution is -0.124. The van der Waals surface area contributed by atoms with Crippen LogP contribution in [0.3, 0.4) is 0 Å². The lowest BCUT2D eigenvalue weighted by atomic mass is 9.82. The number of hydrogen-bond acceptors (Lipinski definition) is 3. The van der Waals surface area contributed by atoms with Crippen LogP contribution in [-0.2, 0) is 15.1 Å². The Morgan fingerprint density at radius 2 is 1.82 bits per heavy atom. The molecule has 0 spiro atoms. The van der Waals surface area contributed by atoms with E-state index in [2.05, 4.69) is 17.4 Å². The third-order valence-corrected chi connectivity index (χ3v) is 4.16. The molecule has 0 unspecified atom stereocenters. The van der Waals surface area contributed by atoms with Crippen molar-refractivity contribution in [2.75, 3.05) is 19.8 Å². The summed E-state index contributed by atoms with van der Waals surface area (Å²) < 4.78 is 5.48. The maximum Gasteiger partial charge on any atom is 0.220 e. The second-order valence-electron chi connectivity index (χ2n) is 5.71. The van der Waals surface area contributed by atoms with E-state index in [-0.39, 0.29) is 23.9 Å². The van der Waals surface area contributed by atoms with Gasteiger partial charge in [0.25, 0.3) is 0 Å². The molecule has 1 fully saturated rings. The maximum atomic E-state index is 12.3. The molecule has 1 aromatic carbocycles. The molecule has 1 amide bonds. The van der Waals surface area contributed by atoms with Crippen molar-refractivity contribution in [3.8, 4) is 0 Å². The van der Waals surface area contributed by atoms with Crippen molar-refractivity contribution in [1.82, 2.24) is 5.32 Å². The van der Waals surface area contributed by atoms with Crippen molar-refractivity contribution >= 4 is 18.3 Å². The minimum absolute atomic E-state index is 0. The van der Waals surface area contributed by atoms with Gasteiger partial charge in [-0.05, 0) is 37.8 Å². The van der Waals surface area contributed by atoms with Crippen LogP contribution < -0.4 is 11.1 Å². The monoisotopic (exact) mass is 326 g/mol. The molecule has 4 nitrogen and oxygen atoms in total. The molecule has 1 heterocycles. The lowest BCUT2D eigenvalue weighted by Crippen LogP contribution is -2.49. The van der Waals surface area contributed by atoms with E-state index in [1.165, 1.54) is 5.56 Å². The van der Waals surface area contributed by atoms with Crippen LogP contribution in [-0.4, -0.2) is 25.7 Å². The van der Waals surface area contributed by atoms with Gasteiger partial charge in [-0.3, -0.25) is 4.79 Å². The zero-order valence-electron chi connectivity index (χ0n) is 13.1. The molecule has 1 aromatic rings. The number of hydrogen-bond donors (Lipinski definition) is 2. The summed E-state index contributed by atoms with van der Waals surface area (Å²) in [7, 11) is 0. The molecule has 0 aromatic heterocycles. The number of rotatable bonds is 7. The van der Waals surface area contributed by atoms with Gasteiger partial charge >= 0.3 is 0 Å². The number of amides is 1. The van der Waals surface area contributed by atoms with Crippen LogP contribution in [0.4, 0.5) is 0 Å². The number of ether oxygens (including phenoxy) is 1. The van der Waals surface area contributed by atoms with Crippen LogP contribution in [0.5, 0.6) is 0 Å². The predicted octanol–water partition coefficient (Wildman–Crippen LogP) is 2.75. The van der Waals surface area contributed by atoms with Crippen LogP contribution in [0.15, 0.2) is 30.3 Å². The van der Waals surface area contributed by atoms with Gasteiger partial charge in [0.05, 0.1) is 5.54 Å². The van der Waals surface area contributed by atoms with E-state index in [4.69, 9.17) is 10.5 Å². The predicted molar refractivity (Wildman–Crippen MR) is 91.1 cm³/mol. The Morgan fingerprint density at radius 3 is 2.45 bits per heavy atom. The summed E-state index contributed by atoms with van der Waals surface area (Å²) in [6, 6.07) is 10.3. The number of carbonyl (C=O) groups is 1. The average Bonchev–Trinajstić information content (AvgIpc) is 2.53. The summed E-state index contributed by atoms with van der Waals surface area (Å²) in [4.78, 5) is 12.3. The van der Waals surface area contributed by atoms with Gasteiger partial charge in [0, 0.05) is 19.6 Å². The fraction of sp³-hybridized carbons (Fsp3) is 0.588. The highest BCUT2D eigenvalue weighted by molar-refractivity contribution is 5.85. The zero-order chi connectivity index (χ0) is 15.0. The molecule has 124 valence electrons. The molecule has 0 atom stereocenters. The molecule has 1 saturated heterocycles. The summed E-state index contributed by atoms with van der Waals surface area (Å²) in [6.45, 7) is 2.09. The van der Waals surface area contributed by atoms with Gasteiger partial charge in [-0.1, -0.05) is 36.8 Å². The molecule has 5 heteroatoms. The fourth-order valence-electron chi connectivity index (χ4n) is 2.90. The fourth-order valence-corrected chi connectivity index (χ4v) is 2.90. The number of nitrogens with one attached hydrogen (secondary N) is 1. The zero-order valence-corrected chi connectivity index (χ0v) is 13.9. The minimum atomic E-state index is -0.259. The first kappa shape index (κ1) is 18.9. The topological polar surface area (TPSA) is 64.4 Å². The van der Waals surface area contributed by atoms with E-state index in [0.717, 1.165) is 32.1 Å². The summed E-state index contributed by atoms with van der Waals surface area (Å²) >= 11 is 0. The summed E-state index contributed by atoms with van der Waals surface area (Å²) in [6.07, 6.45) is 5.17. The van der Waals surface area contributed by atoms with Crippen LogP contribution in [0.1, 0.15) is 44.1 Å². The first-order chi connectivity index (χ1) is 10.3. The van der Waals surface area contributed by atoms with Gasteiger partial charge in [-0.15, -0.1) is 12.4 Å². The lowest BCUT2D eigenvalue weighted by Gasteiger charge is -2.38. The number of nitrogens with two attached hydrogens (primary N) is 1. The first-order valence-electron chi connectivity index (χ1n) is 7.91. The highest BCUT2D eigenvalue weighted by Crippen LogP contribution is 2.32. The van der Waals surface area contributed by atoms with Gasteiger partial charge in [0.2, 0.25) is 5.91 Å². The average molecular weight is 327 g/mol. The molecule has 3 N–H and O–H groups in total. The van der Waals surface area contributed by atoms with E-state index in [1.807, 2.05) is 18.2 Å². The molecule has 1 aliphatic rings. The van der Waals surface area contributed by atoms with E-state index in [9.17, 15) is 4.79 Å². The van der Waals surface area contributed by atoms with Crippen LogP contribution in [0.25, 0.3) is 0 Å². The van der Waals surface area contributed by atoms with Crippen molar-refractivity contribution in [3.63, 3.8) is 0 Å². The molecule has 22 heavy (non-hydrogen) atoms. The van der Waals surface area contributed by atoms with E-state index < -0.39 is 0 Å². The third kappa shape index (κ3) is 5.27. The Morgan fingerprint density at radius 1 is 1.14 bits per heavy atom. The molecule has 1 aliphatic heterocycles. The van der Waals surface area contributed by atoms with Crippen molar-refractivity contribution in [2.24, 2.45) is 5.73 Å². The first-order valence-corrected chi connectivity index (χ1v) is 7.91. The van der Waals surface area contributed by atoms with Gasteiger partial charge in [-0.25, -0.2) is 0 Å². The van der Waals surface area contributed by atoms with Crippen molar-refractivity contribution < 1.29 is 9.53 Å². The molecule has 0 radical (unpaired) electrons.